The summed E-state index contributed by atoms with van der Waals surface area (Å²) < 4.78 is 2.92. The standard InChI is InChI=1S/2C6H12.C6H10.C5H12Ge.C5H12P.C5H11P.C5H12Si.C3H5.2CH3.Sn.H/c7*1-5(2)6(3)4;1-3-2;;;;/h2*6H,1H2,2-4H3;1,3H2,2,4H3;6H,1H2,2-4H3;5H,3H2,1-2,4H3;1H2,2-4H3;6H,1H2,2-4H3;1H2,2H3;2*1H3;;/q;;;;+1;;;;;;;. The third kappa shape index (κ3) is 91.0. The summed E-state index contributed by atoms with van der Waals surface area (Å²) in [5, 5.41) is 2.72. The molecule has 0 fully saturated rings. The predicted molar refractivity (Wildman–Crippen MR) is 259 cm³/mol. The number of hydrogen-bond acceptors (Lipinski definition) is 0. The topological polar surface area (TPSA) is 0 Å². The Kier molecular flexibility index (Phi) is 59.8. The molecule has 0 aliphatic carbocycles. The predicted octanol–water partition coefficient (Wildman–Crippen LogP) is 15.5. The normalized spacial score (nSPS) is 9.50. The summed E-state index contributed by atoms with van der Waals surface area (Å²) in [6.45, 7) is 70.7. The van der Waals surface area contributed by atoms with E-state index < -0.39 is 42.9 Å². The molecule has 0 bridgehead atoms. The van der Waals surface area contributed by atoms with Gasteiger partial charge in [-0.2, -0.15) is 0 Å². The maximum absolute atomic E-state index is 3.90. The zero-order valence-electron chi connectivity index (χ0n) is 37.7. The van der Waals surface area contributed by atoms with E-state index in [0.29, 0.717) is 11.8 Å². The number of hydrogen-bond donors (Lipinski definition) is 0. The third-order valence-electron chi connectivity index (χ3n) is 7.30. The molecule has 0 radical (unpaired) electrons. The Labute approximate surface area is 324 Å². The van der Waals surface area contributed by atoms with E-state index in [4.69, 9.17) is 0 Å². The second-order valence-electron chi connectivity index (χ2n) is 15.0. The molecule has 0 aromatic carbocycles. The van der Waals surface area contributed by atoms with Gasteiger partial charge in [0.1, 0.15) is 5.66 Å². The van der Waals surface area contributed by atoms with Crippen molar-refractivity contribution < 1.29 is 0 Å². The monoisotopic (exact) mass is 893 g/mol. The molecule has 48 heavy (non-hydrogen) atoms. The molecule has 0 heterocycles. The van der Waals surface area contributed by atoms with Crippen LogP contribution < -0.4 is 0 Å². The molecule has 286 valence electrons. The SMILES string of the molecule is C=C(C)C(=C)C.C=C(C)C(C)C.C=C(C)C(C)C.C=C(C)P(C)C.C=C(C)[SiH](C)C.C=[C](C)[GeH]([CH3])[CH3].C=[C](C)[SnH]([CH3])[CH3].C=[P+](C)C(C)C. The second kappa shape index (κ2) is 43.2. The van der Waals surface area contributed by atoms with Crippen molar-refractivity contribution in [3.63, 3.8) is 0 Å². The fourth-order valence-electron chi connectivity index (χ4n) is 0. The molecule has 0 rings (SSSR count). The Morgan fingerprint density at radius 3 is 0.792 bits per heavy atom. The van der Waals surface area contributed by atoms with Crippen LogP contribution in [0.5, 0.6) is 0 Å². The third-order valence-corrected chi connectivity index (χ3v) is 22.3. The molecule has 1 atom stereocenters. The van der Waals surface area contributed by atoms with E-state index in [2.05, 4.69) is 183 Å². The van der Waals surface area contributed by atoms with E-state index in [0.717, 1.165) is 16.8 Å². The van der Waals surface area contributed by atoms with Crippen LogP contribution in [0.4, 0.5) is 0 Å². The van der Waals surface area contributed by atoms with E-state index in [1.807, 2.05) is 27.7 Å². The maximum atomic E-state index is 3.90. The molecule has 0 aromatic heterocycles. The van der Waals surface area contributed by atoms with Gasteiger partial charge in [-0.25, -0.2) is 0 Å². The van der Waals surface area contributed by atoms with E-state index >= 15 is 0 Å². The van der Waals surface area contributed by atoms with Crippen LogP contribution in [0.2, 0.25) is 34.5 Å². The van der Waals surface area contributed by atoms with Crippen molar-refractivity contribution in [2.24, 2.45) is 11.8 Å². The molecule has 0 saturated carbocycles. The van der Waals surface area contributed by atoms with Gasteiger partial charge >= 0.3 is 90.5 Å². The minimum absolute atomic E-state index is 0.0905. The Balaban J connectivity index is -0.0000000635. The average molecular weight is 892 g/mol. The van der Waals surface area contributed by atoms with Crippen molar-refractivity contribution in [2.75, 3.05) is 20.0 Å². The molecular weight excluding hydrogens is 798 g/mol. The van der Waals surface area contributed by atoms with Crippen molar-refractivity contribution in [3.8, 4) is 0 Å². The van der Waals surface area contributed by atoms with Gasteiger partial charge in [0.25, 0.3) is 0 Å². The summed E-state index contributed by atoms with van der Waals surface area (Å²) in [5.41, 5.74) is 5.45. The Morgan fingerprint density at radius 2 is 0.792 bits per heavy atom. The Morgan fingerprint density at radius 1 is 0.646 bits per heavy atom. The smallest absolute Gasteiger partial charge is 0.0217 e. The van der Waals surface area contributed by atoms with E-state index in [1.165, 1.54) is 29.7 Å². The average Bonchev–Trinajstić information content (AvgIpc) is 2.90. The van der Waals surface area contributed by atoms with Crippen molar-refractivity contribution in [1.82, 2.24) is 0 Å². The number of rotatable bonds is 8. The van der Waals surface area contributed by atoms with Crippen molar-refractivity contribution in [1.29, 1.82) is 0 Å². The molecule has 0 nitrogen and oxygen atoms in total. The molecule has 5 heteroatoms. The summed E-state index contributed by atoms with van der Waals surface area (Å²) in [5.74, 6) is 5.97. The van der Waals surface area contributed by atoms with Crippen molar-refractivity contribution in [2.45, 2.75) is 137 Å². The van der Waals surface area contributed by atoms with Gasteiger partial charge in [0.05, 0.1) is 29.3 Å². The second-order valence-corrected chi connectivity index (χ2v) is 39.8. The van der Waals surface area contributed by atoms with Crippen LogP contribution in [0, 0.1) is 11.8 Å². The molecule has 0 amide bonds. The van der Waals surface area contributed by atoms with Crippen LogP contribution in [0.25, 0.3) is 0 Å². The van der Waals surface area contributed by atoms with E-state index in [-0.39, 0.29) is 15.5 Å². The van der Waals surface area contributed by atoms with Crippen LogP contribution in [-0.2, 0) is 0 Å². The molecule has 0 spiro atoms. The van der Waals surface area contributed by atoms with Crippen molar-refractivity contribution in [3.05, 3.63) is 93.4 Å². The fourth-order valence-corrected chi connectivity index (χ4v) is 0. The van der Waals surface area contributed by atoms with E-state index in [9.17, 15) is 0 Å². The summed E-state index contributed by atoms with van der Waals surface area (Å²) in [4.78, 5) is 4.70. The summed E-state index contributed by atoms with van der Waals surface area (Å²) in [6.07, 6.45) is 3.90. The Bertz CT molecular complexity index is 728. The van der Waals surface area contributed by atoms with Gasteiger partial charge in [0, 0.05) is 0 Å². The largest absolute Gasteiger partial charge is 0.110 e. The molecule has 0 aliphatic heterocycles. The van der Waals surface area contributed by atoms with Crippen LogP contribution in [-0.4, -0.2) is 74.9 Å². The van der Waals surface area contributed by atoms with Crippen LogP contribution in [0.1, 0.15) is 96.9 Å². The van der Waals surface area contributed by atoms with Crippen LogP contribution in [0.15, 0.2) is 93.4 Å². The van der Waals surface area contributed by atoms with Crippen LogP contribution in [0.3, 0.4) is 0 Å². The van der Waals surface area contributed by atoms with Gasteiger partial charge in [-0.3, -0.25) is 0 Å². The first-order valence-corrected chi connectivity index (χ1v) is 39.1. The summed E-state index contributed by atoms with van der Waals surface area (Å²) in [7, 11) is -0.202. The van der Waals surface area contributed by atoms with Gasteiger partial charge < -0.3 is 0 Å². The van der Waals surface area contributed by atoms with Crippen LogP contribution >= 0.6 is 15.5 Å². The van der Waals surface area contributed by atoms with Gasteiger partial charge in [-0.1, -0.05) is 114 Å². The molecule has 0 N–H and O–H groups in total. The molecule has 0 saturated heterocycles. The molecule has 0 aliphatic rings. The minimum atomic E-state index is -0.999. The van der Waals surface area contributed by atoms with E-state index in [1.54, 1.807) is 0 Å². The first kappa shape index (κ1) is 66.3. The maximum Gasteiger partial charge on any atom is 0.110 e. The van der Waals surface area contributed by atoms with Gasteiger partial charge in [0.2, 0.25) is 0 Å². The summed E-state index contributed by atoms with van der Waals surface area (Å²) in [6, 6.07) is 0. The zero-order chi connectivity index (χ0) is 41.2. The Hall–Kier alpha value is 0.0784. The zero-order valence-corrected chi connectivity index (χ0v) is 46.4. The van der Waals surface area contributed by atoms with Gasteiger partial charge in [0.15, 0.2) is 0 Å². The number of allylic oxidation sites excluding steroid dienone is 8. The van der Waals surface area contributed by atoms with Crippen molar-refractivity contribution >= 4 is 64.7 Å². The van der Waals surface area contributed by atoms with Gasteiger partial charge in [-0.15, -0.1) is 6.58 Å². The molecule has 1 unspecified atom stereocenters. The molecule has 0 aromatic rings. The first-order valence-electron chi connectivity index (χ1n) is 17.6. The summed E-state index contributed by atoms with van der Waals surface area (Å²) >= 11 is -1.82. The quantitative estimate of drug-likeness (QED) is 0.0986. The molecular formula is C43H93GeP2SiSn+. The first-order chi connectivity index (χ1) is 21.1. The minimum Gasteiger partial charge on any atom is -0.0217 e. The fraction of sp³-hybridized carbons (Fsp3) is 0.605. The van der Waals surface area contributed by atoms with Gasteiger partial charge in [-0.05, 0) is 80.6 Å².